The van der Waals surface area contributed by atoms with Crippen molar-refractivity contribution in [2.75, 3.05) is 12.8 Å². The van der Waals surface area contributed by atoms with Gasteiger partial charge in [-0.1, -0.05) is 13.3 Å². The summed E-state index contributed by atoms with van der Waals surface area (Å²) >= 11 is 3.17. The maximum atomic E-state index is 5.99. The number of thiazole rings is 1. The number of imidazole rings is 1. The van der Waals surface area contributed by atoms with E-state index < -0.39 is 0 Å². The molecule has 26 heavy (non-hydrogen) atoms. The average Bonchev–Trinajstić information content (AvgIpc) is 3.21. The lowest BCUT2D eigenvalue weighted by molar-refractivity contribution is 0.415. The average molecular weight is 387 g/mol. The smallest absolute Gasteiger partial charge is 0.177 e. The molecule has 7 nitrogen and oxygen atoms in total. The second-order valence-electron chi connectivity index (χ2n) is 5.75. The molecule has 3 heterocycles. The number of aromatic nitrogens is 5. The number of fused-ring (bicyclic) bond motifs is 2. The Hall–Kier alpha value is -2.39. The Morgan fingerprint density at radius 1 is 1.27 bits per heavy atom. The lowest BCUT2D eigenvalue weighted by Crippen LogP contribution is -2.01. The lowest BCUT2D eigenvalue weighted by Gasteiger charge is -2.05. The number of ether oxygens (including phenoxy) is 1. The third-order valence-electron chi connectivity index (χ3n) is 4.01. The van der Waals surface area contributed by atoms with E-state index in [4.69, 9.17) is 15.5 Å². The quantitative estimate of drug-likeness (QED) is 0.536. The van der Waals surface area contributed by atoms with E-state index in [0.717, 1.165) is 50.5 Å². The van der Waals surface area contributed by atoms with Gasteiger partial charge in [-0.25, -0.2) is 19.9 Å². The van der Waals surface area contributed by atoms with Crippen molar-refractivity contribution in [3.63, 3.8) is 0 Å². The van der Waals surface area contributed by atoms with Crippen molar-refractivity contribution in [2.45, 2.75) is 35.8 Å². The Bertz CT molecular complexity index is 1070. The zero-order valence-electron chi connectivity index (χ0n) is 14.5. The molecule has 0 saturated heterocycles. The van der Waals surface area contributed by atoms with Crippen molar-refractivity contribution in [3.05, 3.63) is 24.5 Å². The SMILES string of the molecule is CCCCn1c(Sc2nc3cc(OC)ccc3s2)nc2c(N)ncnc21. The van der Waals surface area contributed by atoms with Crippen LogP contribution in [-0.2, 0) is 6.54 Å². The van der Waals surface area contributed by atoms with Crippen LogP contribution < -0.4 is 10.5 Å². The number of nitrogens with zero attached hydrogens (tertiary/aromatic N) is 5. The molecule has 0 aliphatic heterocycles. The minimum absolute atomic E-state index is 0.404. The number of nitrogens with two attached hydrogens (primary N) is 1. The second-order valence-corrected chi connectivity index (χ2v) is 7.99. The van der Waals surface area contributed by atoms with Crippen LogP contribution in [0.5, 0.6) is 5.75 Å². The highest BCUT2D eigenvalue weighted by molar-refractivity contribution is 8.01. The van der Waals surface area contributed by atoms with Crippen molar-refractivity contribution in [3.8, 4) is 5.75 Å². The third kappa shape index (κ3) is 3.08. The van der Waals surface area contributed by atoms with Gasteiger partial charge in [-0.3, -0.25) is 0 Å². The van der Waals surface area contributed by atoms with Crippen LogP contribution in [0, 0.1) is 0 Å². The summed E-state index contributed by atoms with van der Waals surface area (Å²) < 4.78 is 9.42. The zero-order valence-corrected chi connectivity index (χ0v) is 16.1. The highest BCUT2D eigenvalue weighted by atomic mass is 32.2. The van der Waals surface area contributed by atoms with E-state index in [-0.39, 0.29) is 0 Å². The molecular weight excluding hydrogens is 368 g/mol. The van der Waals surface area contributed by atoms with Crippen LogP contribution in [0.4, 0.5) is 5.82 Å². The maximum Gasteiger partial charge on any atom is 0.177 e. The normalized spacial score (nSPS) is 11.5. The number of hydrogen-bond acceptors (Lipinski definition) is 8. The van der Waals surface area contributed by atoms with Crippen molar-refractivity contribution < 1.29 is 4.74 Å². The molecule has 9 heteroatoms. The fourth-order valence-electron chi connectivity index (χ4n) is 2.66. The van der Waals surface area contributed by atoms with Crippen LogP contribution in [0.2, 0.25) is 0 Å². The number of nitrogen functional groups attached to an aromatic ring is 1. The molecule has 1 aromatic carbocycles. The van der Waals surface area contributed by atoms with Gasteiger partial charge in [0.25, 0.3) is 0 Å². The van der Waals surface area contributed by atoms with E-state index in [0.29, 0.717) is 11.3 Å². The molecule has 134 valence electrons. The van der Waals surface area contributed by atoms with Crippen LogP contribution in [0.1, 0.15) is 19.8 Å². The van der Waals surface area contributed by atoms with Gasteiger partial charge >= 0.3 is 0 Å². The van der Waals surface area contributed by atoms with E-state index in [9.17, 15) is 0 Å². The molecule has 4 rings (SSSR count). The van der Waals surface area contributed by atoms with E-state index in [1.165, 1.54) is 18.1 Å². The molecule has 2 N–H and O–H groups in total. The number of hydrogen-bond donors (Lipinski definition) is 1. The molecule has 0 amide bonds. The maximum absolute atomic E-state index is 5.99. The molecule has 0 bridgehead atoms. The molecule has 0 atom stereocenters. The third-order valence-corrected chi connectivity index (χ3v) is 6.11. The van der Waals surface area contributed by atoms with Gasteiger partial charge in [0.2, 0.25) is 0 Å². The first-order valence-corrected chi connectivity index (χ1v) is 9.92. The molecule has 0 fully saturated rings. The standard InChI is InChI=1S/C17H18N6OS2/c1-3-4-7-23-15-13(14(18)19-9-20-15)22-16(23)26-17-21-11-8-10(24-2)5-6-12(11)25-17/h5-6,8-9H,3-4,7H2,1-2H3,(H2,18,19,20). The van der Waals surface area contributed by atoms with Crippen LogP contribution in [0.3, 0.4) is 0 Å². The largest absolute Gasteiger partial charge is 0.497 e. The van der Waals surface area contributed by atoms with Gasteiger partial charge in [0.15, 0.2) is 26.5 Å². The van der Waals surface area contributed by atoms with E-state index in [2.05, 4.69) is 26.4 Å². The molecular formula is C17H18N6OS2. The Labute approximate surface area is 158 Å². The van der Waals surface area contributed by atoms with Crippen molar-refractivity contribution in [1.82, 2.24) is 24.5 Å². The summed E-state index contributed by atoms with van der Waals surface area (Å²) in [6, 6.07) is 5.92. The van der Waals surface area contributed by atoms with Crippen molar-refractivity contribution in [1.29, 1.82) is 0 Å². The summed E-state index contributed by atoms with van der Waals surface area (Å²) in [5.74, 6) is 1.21. The predicted octanol–water partition coefficient (Wildman–Crippen LogP) is 3.98. The number of rotatable bonds is 6. The van der Waals surface area contributed by atoms with E-state index in [1.807, 2.05) is 18.2 Å². The molecule has 0 radical (unpaired) electrons. The summed E-state index contributed by atoms with van der Waals surface area (Å²) in [4.78, 5) is 17.8. The zero-order chi connectivity index (χ0) is 18.1. The Morgan fingerprint density at radius 2 is 2.15 bits per heavy atom. The van der Waals surface area contributed by atoms with Gasteiger partial charge in [0, 0.05) is 12.6 Å². The molecule has 0 unspecified atom stereocenters. The number of aryl methyl sites for hydroxylation is 1. The molecule has 0 saturated carbocycles. The summed E-state index contributed by atoms with van der Waals surface area (Å²) in [5.41, 5.74) is 8.34. The lowest BCUT2D eigenvalue weighted by atomic mass is 10.3. The van der Waals surface area contributed by atoms with Crippen LogP contribution in [-0.4, -0.2) is 31.6 Å². The molecule has 4 aromatic rings. The monoisotopic (exact) mass is 386 g/mol. The minimum atomic E-state index is 0.404. The Balaban J connectivity index is 1.75. The van der Waals surface area contributed by atoms with Gasteiger partial charge < -0.3 is 15.0 Å². The highest BCUT2D eigenvalue weighted by Crippen LogP contribution is 2.36. The summed E-state index contributed by atoms with van der Waals surface area (Å²) in [6.07, 6.45) is 3.62. The summed E-state index contributed by atoms with van der Waals surface area (Å²) in [7, 11) is 1.66. The Kier molecular flexibility index (Phi) is 4.64. The fourth-order valence-corrected chi connectivity index (χ4v) is 4.73. The minimum Gasteiger partial charge on any atom is -0.497 e. The van der Waals surface area contributed by atoms with Crippen molar-refractivity contribution in [2.24, 2.45) is 0 Å². The van der Waals surface area contributed by atoms with Gasteiger partial charge in [0.1, 0.15) is 12.1 Å². The number of unbranched alkanes of at least 4 members (excludes halogenated alkanes) is 1. The summed E-state index contributed by atoms with van der Waals surface area (Å²) in [5, 5.41) is 0.840. The van der Waals surface area contributed by atoms with Crippen molar-refractivity contribution >= 4 is 50.3 Å². The highest BCUT2D eigenvalue weighted by Gasteiger charge is 2.17. The molecule has 0 spiro atoms. The van der Waals surface area contributed by atoms with E-state index >= 15 is 0 Å². The first kappa shape index (κ1) is 17.0. The molecule has 3 aromatic heterocycles. The van der Waals surface area contributed by atoms with Crippen LogP contribution in [0.15, 0.2) is 34.0 Å². The predicted molar refractivity (Wildman–Crippen MR) is 105 cm³/mol. The Morgan fingerprint density at radius 3 is 2.96 bits per heavy atom. The van der Waals surface area contributed by atoms with Gasteiger partial charge in [-0.05, 0) is 30.3 Å². The van der Waals surface area contributed by atoms with E-state index in [1.54, 1.807) is 18.4 Å². The van der Waals surface area contributed by atoms with Crippen LogP contribution in [0.25, 0.3) is 21.4 Å². The topological polar surface area (TPSA) is 91.7 Å². The second kappa shape index (κ2) is 7.08. The number of benzene rings is 1. The first-order valence-electron chi connectivity index (χ1n) is 8.28. The molecule has 0 aliphatic carbocycles. The number of methoxy groups -OCH3 is 1. The van der Waals surface area contributed by atoms with Gasteiger partial charge in [0.05, 0.1) is 17.3 Å². The number of anilines is 1. The van der Waals surface area contributed by atoms with Gasteiger partial charge in [-0.2, -0.15) is 0 Å². The summed E-state index contributed by atoms with van der Waals surface area (Å²) in [6.45, 7) is 3.00. The van der Waals surface area contributed by atoms with Crippen LogP contribution >= 0.6 is 23.1 Å². The first-order chi connectivity index (χ1) is 12.7. The van der Waals surface area contributed by atoms with Gasteiger partial charge in [-0.15, -0.1) is 11.3 Å². The fraction of sp³-hybridized carbons (Fsp3) is 0.294. The molecule has 0 aliphatic rings.